The van der Waals surface area contributed by atoms with Gasteiger partial charge in [0.1, 0.15) is 11.8 Å². The zero-order chi connectivity index (χ0) is 22.9. The van der Waals surface area contributed by atoms with Crippen LogP contribution in [-0.2, 0) is 7.05 Å². The SMILES string of the molecule is Cn1cnc2c(NC3CCC(CC4=CC(N5CCCCC5)=CC5NCCPC45)CC3)ncnc21. The van der Waals surface area contributed by atoms with Crippen LogP contribution in [0.2, 0.25) is 0 Å². The number of likely N-dealkylation sites (tertiary alicyclic amines) is 1. The van der Waals surface area contributed by atoms with E-state index in [2.05, 4.69) is 42.6 Å². The van der Waals surface area contributed by atoms with Gasteiger partial charge in [-0.25, -0.2) is 15.0 Å². The third-order valence-electron chi connectivity index (χ3n) is 8.24. The molecule has 8 heteroatoms. The standard InChI is InChI=1S/C26H38N7P/c1-32-17-30-23-25(28-16-29-26(23)32)31-20-7-5-18(6-8-20)13-19-14-21(33-10-3-2-4-11-33)15-22-24(19)34-12-9-27-22/h14-18,20,22,24,27,34H,2-13H2,1H3,(H,28,29,31). The summed E-state index contributed by atoms with van der Waals surface area (Å²) in [5.41, 5.74) is 5.75. The van der Waals surface area contributed by atoms with Gasteiger partial charge < -0.3 is 20.1 Å². The molecule has 0 bridgehead atoms. The summed E-state index contributed by atoms with van der Waals surface area (Å²) in [4.78, 5) is 16.0. The number of aryl methyl sites for hydroxylation is 1. The first kappa shape index (κ1) is 22.5. The molecule has 2 aromatic heterocycles. The average Bonchev–Trinajstić information content (AvgIpc) is 3.27. The molecule has 3 unspecified atom stereocenters. The van der Waals surface area contributed by atoms with Crippen LogP contribution >= 0.6 is 8.58 Å². The van der Waals surface area contributed by atoms with Crippen molar-refractivity contribution in [3.8, 4) is 0 Å². The van der Waals surface area contributed by atoms with E-state index >= 15 is 0 Å². The van der Waals surface area contributed by atoms with Crippen LogP contribution in [-0.4, -0.2) is 68.0 Å². The van der Waals surface area contributed by atoms with Crippen molar-refractivity contribution in [1.29, 1.82) is 0 Å². The molecule has 2 aromatic rings. The Bertz CT molecular complexity index is 1060. The Kier molecular flexibility index (Phi) is 6.58. The number of piperidine rings is 1. The van der Waals surface area contributed by atoms with E-state index in [4.69, 9.17) is 0 Å². The predicted octanol–water partition coefficient (Wildman–Crippen LogP) is 4.05. The number of aromatic nitrogens is 4. The minimum atomic E-state index is 0.478. The highest BCUT2D eigenvalue weighted by molar-refractivity contribution is 7.39. The summed E-state index contributed by atoms with van der Waals surface area (Å²) in [5, 5.41) is 7.53. The summed E-state index contributed by atoms with van der Waals surface area (Å²) in [6.07, 6.45) is 20.3. The van der Waals surface area contributed by atoms with E-state index < -0.39 is 0 Å². The van der Waals surface area contributed by atoms with E-state index in [1.54, 1.807) is 11.9 Å². The number of hydrogen-bond donors (Lipinski definition) is 2. The van der Waals surface area contributed by atoms with Crippen molar-refractivity contribution in [2.24, 2.45) is 13.0 Å². The van der Waals surface area contributed by atoms with Crippen LogP contribution in [0.15, 0.2) is 36.1 Å². The highest BCUT2D eigenvalue weighted by atomic mass is 31.1. The minimum Gasteiger partial charge on any atom is -0.372 e. The van der Waals surface area contributed by atoms with Gasteiger partial charge in [0.05, 0.1) is 6.33 Å². The molecule has 2 aliphatic heterocycles. The van der Waals surface area contributed by atoms with Gasteiger partial charge in [0.15, 0.2) is 11.5 Å². The largest absolute Gasteiger partial charge is 0.372 e. The van der Waals surface area contributed by atoms with Gasteiger partial charge in [0, 0.05) is 43.6 Å². The molecule has 6 rings (SSSR count). The van der Waals surface area contributed by atoms with Crippen molar-refractivity contribution in [3.05, 3.63) is 36.1 Å². The molecule has 2 aliphatic carbocycles. The van der Waals surface area contributed by atoms with E-state index in [0.29, 0.717) is 12.1 Å². The van der Waals surface area contributed by atoms with Crippen LogP contribution in [0.4, 0.5) is 5.82 Å². The fourth-order valence-corrected chi connectivity index (χ4v) is 7.89. The van der Waals surface area contributed by atoms with Gasteiger partial charge in [-0.2, -0.15) is 0 Å². The molecule has 0 amide bonds. The lowest BCUT2D eigenvalue weighted by molar-refractivity contribution is 0.287. The fourth-order valence-electron chi connectivity index (χ4n) is 6.36. The molecule has 4 aliphatic rings. The van der Waals surface area contributed by atoms with Crippen LogP contribution in [0.25, 0.3) is 11.2 Å². The Hall–Kier alpha value is -1.98. The van der Waals surface area contributed by atoms with Gasteiger partial charge in [-0.15, -0.1) is 8.58 Å². The second kappa shape index (κ2) is 9.94. The Morgan fingerprint density at radius 1 is 1.09 bits per heavy atom. The lowest BCUT2D eigenvalue weighted by Gasteiger charge is -2.41. The van der Waals surface area contributed by atoms with E-state index in [0.717, 1.165) is 37.1 Å². The van der Waals surface area contributed by atoms with Gasteiger partial charge >= 0.3 is 0 Å². The monoisotopic (exact) mass is 479 g/mol. The normalized spacial score (nSPS) is 30.7. The van der Waals surface area contributed by atoms with Crippen LogP contribution < -0.4 is 10.6 Å². The molecule has 0 aromatic carbocycles. The molecule has 7 nitrogen and oxygen atoms in total. The fraction of sp³-hybridized carbons (Fsp3) is 0.654. The van der Waals surface area contributed by atoms with Crippen LogP contribution in [0.1, 0.15) is 51.4 Å². The van der Waals surface area contributed by atoms with Crippen LogP contribution in [0.5, 0.6) is 0 Å². The quantitative estimate of drug-likeness (QED) is 0.631. The summed E-state index contributed by atoms with van der Waals surface area (Å²) in [6, 6.07) is 1.03. The number of rotatable bonds is 5. The number of allylic oxidation sites excluding steroid dienone is 1. The maximum Gasteiger partial charge on any atom is 0.165 e. The van der Waals surface area contributed by atoms with Crippen LogP contribution in [0.3, 0.4) is 0 Å². The Morgan fingerprint density at radius 2 is 1.94 bits per heavy atom. The molecule has 1 saturated carbocycles. The number of nitrogens with one attached hydrogen (secondary N) is 2. The lowest BCUT2D eigenvalue weighted by Crippen LogP contribution is -2.45. The van der Waals surface area contributed by atoms with Crippen molar-refractivity contribution in [2.75, 3.05) is 31.1 Å². The Labute approximate surface area is 204 Å². The highest BCUT2D eigenvalue weighted by Gasteiger charge is 2.33. The number of fused-ring (bicyclic) bond motifs is 2. The molecule has 3 fully saturated rings. The van der Waals surface area contributed by atoms with Crippen molar-refractivity contribution in [1.82, 2.24) is 29.7 Å². The van der Waals surface area contributed by atoms with Gasteiger partial charge in [-0.1, -0.05) is 5.57 Å². The second-order valence-electron chi connectivity index (χ2n) is 10.6. The van der Waals surface area contributed by atoms with E-state index in [1.165, 1.54) is 82.9 Å². The van der Waals surface area contributed by atoms with Gasteiger partial charge in [0.2, 0.25) is 0 Å². The number of nitrogens with zero attached hydrogens (tertiary/aromatic N) is 5. The molecule has 182 valence electrons. The maximum absolute atomic E-state index is 4.51. The first-order chi connectivity index (χ1) is 16.7. The first-order valence-electron chi connectivity index (χ1n) is 13.3. The number of hydrogen-bond acceptors (Lipinski definition) is 6. The summed E-state index contributed by atoms with van der Waals surface area (Å²) in [5.74, 6) is 1.69. The maximum atomic E-state index is 4.51. The van der Waals surface area contributed by atoms with Crippen molar-refractivity contribution < 1.29 is 0 Å². The molecule has 3 atom stereocenters. The minimum absolute atomic E-state index is 0.478. The van der Waals surface area contributed by atoms with Crippen molar-refractivity contribution >= 4 is 25.6 Å². The molecule has 2 N–H and O–H groups in total. The molecule has 0 spiro atoms. The van der Waals surface area contributed by atoms with E-state index in [9.17, 15) is 0 Å². The second-order valence-corrected chi connectivity index (χ2v) is 12.1. The lowest BCUT2D eigenvalue weighted by atomic mass is 9.80. The Morgan fingerprint density at radius 3 is 2.79 bits per heavy atom. The van der Waals surface area contributed by atoms with Gasteiger partial charge in [-0.3, -0.25) is 0 Å². The van der Waals surface area contributed by atoms with Crippen molar-refractivity contribution in [3.63, 3.8) is 0 Å². The zero-order valence-electron chi connectivity index (χ0n) is 20.3. The summed E-state index contributed by atoms with van der Waals surface area (Å²) in [7, 11) is 3.05. The zero-order valence-corrected chi connectivity index (χ0v) is 21.3. The molecular weight excluding hydrogens is 441 g/mol. The smallest absolute Gasteiger partial charge is 0.165 e. The van der Waals surface area contributed by atoms with Gasteiger partial charge in [-0.05, 0) is 82.1 Å². The molecular formula is C26H38N7P. The molecule has 0 radical (unpaired) electrons. The third-order valence-corrected chi connectivity index (χ3v) is 9.95. The van der Waals surface area contributed by atoms with Crippen LogP contribution in [0, 0.1) is 5.92 Å². The average molecular weight is 480 g/mol. The van der Waals surface area contributed by atoms with E-state index in [1.807, 2.05) is 17.9 Å². The Balaban J connectivity index is 1.10. The number of imidazole rings is 1. The molecule has 2 saturated heterocycles. The number of anilines is 1. The predicted molar refractivity (Wildman–Crippen MR) is 141 cm³/mol. The molecule has 4 heterocycles. The highest BCUT2D eigenvalue weighted by Crippen LogP contribution is 2.41. The van der Waals surface area contributed by atoms with Crippen molar-refractivity contribution in [2.45, 2.75) is 69.1 Å². The summed E-state index contributed by atoms with van der Waals surface area (Å²) < 4.78 is 1.96. The van der Waals surface area contributed by atoms with Gasteiger partial charge in [0.25, 0.3) is 0 Å². The topological polar surface area (TPSA) is 70.9 Å². The third kappa shape index (κ3) is 4.61. The summed E-state index contributed by atoms with van der Waals surface area (Å²) in [6.45, 7) is 3.65. The summed E-state index contributed by atoms with van der Waals surface area (Å²) >= 11 is 0. The first-order valence-corrected chi connectivity index (χ1v) is 14.6. The van der Waals surface area contributed by atoms with E-state index in [-0.39, 0.29) is 0 Å². The molecule has 34 heavy (non-hydrogen) atoms.